The number of halogens is 1. The minimum Gasteiger partial charge on any atom is -0.358 e. The predicted octanol–water partition coefficient (Wildman–Crippen LogP) is 1.28. The van der Waals surface area contributed by atoms with Crippen LogP contribution in [-0.4, -0.2) is 25.3 Å². The average molecular weight is 268 g/mol. The summed E-state index contributed by atoms with van der Waals surface area (Å²) in [5.41, 5.74) is 1.24. The van der Waals surface area contributed by atoms with Crippen LogP contribution in [0.5, 0.6) is 0 Å². The molecule has 1 aliphatic rings. The van der Waals surface area contributed by atoms with E-state index in [4.69, 9.17) is 4.74 Å². The molecule has 0 bridgehead atoms. The van der Waals surface area contributed by atoms with E-state index in [1.807, 2.05) is 7.05 Å². The third-order valence-corrected chi connectivity index (χ3v) is 3.60. The molecule has 0 fully saturated rings. The van der Waals surface area contributed by atoms with Crippen molar-refractivity contribution in [3.8, 4) is 0 Å². The number of fused-ring (bicyclic) bond motifs is 1. The number of rotatable bonds is 1. The van der Waals surface area contributed by atoms with Gasteiger partial charge in [0.15, 0.2) is 0 Å². The van der Waals surface area contributed by atoms with E-state index in [9.17, 15) is 0 Å². The Labute approximate surface area is 98.0 Å². The van der Waals surface area contributed by atoms with E-state index in [1.54, 1.807) is 7.11 Å². The summed E-state index contributed by atoms with van der Waals surface area (Å²) < 4.78 is 6.53. The highest BCUT2D eigenvalue weighted by Gasteiger charge is 2.16. The first-order valence-corrected chi connectivity index (χ1v) is 5.67. The second-order valence-electron chi connectivity index (χ2n) is 3.69. The maximum Gasteiger partial charge on any atom is 0.149 e. The van der Waals surface area contributed by atoms with Gasteiger partial charge in [0.2, 0.25) is 0 Å². The van der Waals surface area contributed by atoms with Gasteiger partial charge in [0.05, 0.1) is 0 Å². The van der Waals surface area contributed by atoms with Crippen LogP contribution in [0.4, 0.5) is 0 Å². The highest BCUT2D eigenvalue weighted by molar-refractivity contribution is 9.10. The largest absolute Gasteiger partial charge is 0.358 e. The van der Waals surface area contributed by atoms with Crippen LogP contribution in [0.25, 0.3) is 11.8 Å². The maximum absolute atomic E-state index is 5.41. The van der Waals surface area contributed by atoms with Crippen LogP contribution < -0.4 is 10.4 Å². The summed E-state index contributed by atoms with van der Waals surface area (Å²) in [7, 11) is 3.77. The third-order valence-electron chi connectivity index (χ3n) is 2.90. The topological polar surface area (TPSA) is 12.5 Å². The Morgan fingerprint density at radius 1 is 1.40 bits per heavy atom. The second-order valence-corrected chi connectivity index (χ2v) is 4.54. The highest BCUT2D eigenvalue weighted by atomic mass is 79.9. The van der Waals surface area contributed by atoms with Crippen LogP contribution in [0.1, 0.15) is 6.92 Å². The van der Waals surface area contributed by atoms with Crippen LogP contribution >= 0.6 is 15.9 Å². The van der Waals surface area contributed by atoms with Gasteiger partial charge in [-0.1, -0.05) is 28.1 Å². The normalized spacial score (nSPS) is 19.9. The summed E-state index contributed by atoms with van der Waals surface area (Å²) in [5.74, 6) is 0. The van der Waals surface area contributed by atoms with Gasteiger partial charge in [-0.05, 0) is 24.3 Å². The standard InChI is InChI=1S/C12H14BrNO/c1-8-9-5-4-6-11(13)10(9)7-12(15-3)14(8)2/h4-7,12H,1-3H3. The molecule has 80 valence electrons. The van der Waals surface area contributed by atoms with Crippen molar-refractivity contribution in [2.45, 2.75) is 13.2 Å². The molecule has 0 aromatic heterocycles. The van der Waals surface area contributed by atoms with Crippen molar-refractivity contribution in [3.63, 3.8) is 0 Å². The molecular weight excluding hydrogens is 254 g/mol. The molecule has 2 nitrogen and oxygen atoms in total. The Morgan fingerprint density at radius 2 is 2.13 bits per heavy atom. The van der Waals surface area contributed by atoms with Crippen LogP contribution in [0.15, 0.2) is 22.7 Å². The molecule has 0 saturated carbocycles. The quantitative estimate of drug-likeness (QED) is 0.760. The first-order valence-electron chi connectivity index (χ1n) is 4.88. The van der Waals surface area contributed by atoms with Gasteiger partial charge in [0, 0.05) is 29.5 Å². The molecule has 1 atom stereocenters. The zero-order valence-electron chi connectivity index (χ0n) is 9.12. The van der Waals surface area contributed by atoms with Crippen molar-refractivity contribution in [2.75, 3.05) is 14.2 Å². The van der Waals surface area contributed by atoms with Crippen LogP contribution in [0.2, 0.25) is 0 Å². The smallest absolute Gasteiger partial charge is 0.149 e. The molecule has 2 rings (SSSR count). The zero-order chi connectivity index (χ0) is 11.0. The molecule has 1 heterocycles. The number of methoxy groups -OCH3 is 1. The summed E-state index contributed by atoms with van der Waals surface area (Å²) in [6, 6.07) is 6.25. The van der Waals surface area contributed by atoms with E-state index in [1.165, 1.54) is 16.1 Å². The monoisotopic (exact) mass is 267 g/mol. The van der Waals surface area contributed by atoms with Gasteiger partial charge in [-0.25, -0.2) is 0 Å². The summed E-state index contributed by atoms with van der Waals surface area (Å²) in [6.45, 7) is 2.12. The van der Waals surface area contributed by atoms with Crippen LogP contribution in [0.3, 0.4) is 0 Å². The molecule has 0 spiro atoms. The minimum atomic E-state index is 0.0243. The molecule has 0 saturated heterocycles. The molecule has 0 aliphatic carbocycles. The van der Waals surface area contributed by atoms with E-state index >= 15 is 0 Å². The lowest BCUT2D eigenvalue weighted by Crippen LogP contribution is -2.44. The Balaban J connectivity index is 2.78. The minimum absolute atomic E-state index is 0.0243. The lowest BCUT2D eigenvalue weighted by molar-refractivity contribution is 0.0620. The summed E-state index contributed by atoms with van der Waals surface area (Å²) in [5, 5.41) is 2.49. The lowest BCUT2D eigenvalue weighted by atomic mass is 10.1. The molecule has 1 aromatic rings. The van der Waals surface area contributed by atoms with E-state index in [0.29, 0.717) is 0 Å². The zero-order valence-corrected chi connectivity index (χ0v) is 10.7. The fourth-order valence-corrected chi connectivity index (χ4v) is 2.38. The number of ether oxygens (including phenoxy) is 1. The van der Waals surface area contributed by atoms with Crippen molar-refractivity contribution < 1.29 is 4.74 Å². The van der Waals surface area contributed by atoms with Gasteiger partial charge in [-0.2, -0.15) is 0 Å². The predicted molar refractivity (Wildman–Crippen MR) is 65.5 cm³/mol. The van der Waals surface area contributed by atoms with Gasteiger partial charge in [-0.3, -0.25) is 0 Å². The molecule has 15 heavy (non-hydrogen) atoms. The lowest BCUT2D eigenvalue weighted by Gasteiger charge is -2.30. The summed E-state index contributed by atoms with van der Waals surface area (Å²) >= 11 is 3.57. The van der Waals surface area contributed by atoms with Gasteiger partial charge in [0.25, 0.3) is 0 Å². The van der Waals surface area contributed by atoms with Gasteiger partial charge >= 0.3 is 0 Å². The first-order chi connectivity index (χ1) is 7.15. The highest BCUT2D eigenvalue weighted by Crippen LogP contribution is 2.12. The van der Waals surface area contributed by atoms with E-state index in [0.717, 1.165) is 4.47 Å². The maximum atomic E-state index is 5.41. The van der Waals surface area contributed by atoms with Crippen LogP contribution in [-0.2, 0) is 4.74 Å². The molecular formula is C12H14BrNO. The molecule has 0 amide bonds. The number of hydrogen-bond donors (Lipinski definition) is 0. The molecule has 1 unspecified atom stereocenters. The van der Waals surface area contributed by atoms with Gasteiger partial charge < -0.3 is 9.64 Å². The number of benzene rings is 1. The van der Waals surface area contributed by atoms with Crippen molar-refractivity contribution in [1.82, 2.24) is 4.90 Å². The molecule has 1 aromatic carbocycles. The van der Waals surface area contributed by atoms with E-state index < -0.39 is 0 Å². The Kier molecular flexibility index (Phi) is 2.85. The van der Waals surface area contributed by atoms with Crippen LogP contribution in [0, 0.1) is 0 Å². The Morgan fingerprint density at radius 3 is 2.80 bits per heavy atom. The van der Waals surface area contributed by atoms with Crippen molar-refractivity contribution in [3.05, 3.63) is 33.1 Å². The average Bonchev–Trinajstić information content (AvgIpc) is 2.24. The first kappa shape index (κ1) is 10.7. The third kappa shape index (κ3) is 1.70. The molecule has 0 radical (unpaired) electrons. The molecule has 1 aliphatic heterocycles. The number of hydrogen-bond acceptors (Lipinski definition) is 2. The van der Waals surface area contributed by atoms with Crippen molar-refractivity contribution in [2.24, 2.45) is 0 Å². The van der Waals surface area contributed by atoms with E-state index in [2.05, 4.69) is 52.0 Å². The van der Waals surface area contributed by atoms with E-state index in [-0.39, 0.29) is 6.23 Å². The molecule has 3 heteroatoms. The second kappa shape index (κ2) is 3.99. The van der Waals surface area contributed by atoms with Crippen molar-refractivity contribution >= 4 is 27.7 Å². The van der Waals surface area contributed by atoms with Gasteiger partial charge in [0.1, 0.15) is 6.23 Å². The summed E-state index contributed by atoms with van der Waals surface area (Å²) in [4.78, 5) is 2.13. The van der Waals surface area contributed by atoms with Crippen molar-refractivity contribution in [1.29, 1.82) is 0 Å². The SMILES string of the molecule is COC1C=c2c(Br)cccc2=C(C)N1C. The summed E-state index contributed by atoms with van der Waals surface area (Å²) in [6.07, 6.45) is 2.16. The Bertz CT molecular complexity index is 495. The fraction of sp³-hybridized carbons (Fsp3) is 0.333. The Hall–Kier alpha value is -0.800. The number of nitrogens with zero attached hydrogens (tertiary/aromatic N) is 1. The fourth-order valence-electron chi connectivity index (χ4n) is 1.88. The van der Waals surface area contributed by atoms with Gasteiger partial charge in [-0.15, -0.1) is 0 Å². The molecule has 0 N–H and O–H groups in total.